The van der Waals surface area contributed by atoms with Crippen LogP contribution in [0.15, 0.2) is 59.6 Å². The molecular weight excluding hydrogens is 348 g/mol. The Morgan fingerprint density at radius 3 is 2.50 bits per heavy atom. The number of aryl methyl sites for hydroxylation is 1. The summed E-state index contributed by atoms with van der Waals surface area (Å²) in [6, 6.07) is 14.8. The van der Waals surface area contributed by atoms with E-state index in [1.807, 2.05) is 42.1 Å². The third kappa shape index (κ3) is 2.68. The molecule has 1 aliphatic rings. The number of ether oxygens (including phenoxy) is 1. The standard InChI is InChI=1S/C20H16N2O3S/c1-21-12-13(16-5-3-4-6-17(16)21)11-18-19(23)22(20(24)26-18)14-7-9-15(25-2)10-8-14/h3-12H,1-2H3. The van der Waals surface area contributed by atoms with Crippen LogP contribution >= 0.6 is 11.8 Å². The topological polar surface area (TPSA) is 51.5 Å². The molecule has 26 heavy (non-hydrogen) atoms. The van der Waals surface area contributed by atoms with Crippen LogP contribution in [-0.2, 0) is 11.8 Å². The number of anilines is 1. The van der Waals surface area contributed by atoms with Gasteiger partial charge in [0, 0.05) is 29.7 Å². The molecule has 0 atom stereocenters. The summed E-state index contributed by atoms with van der Waals surface area (Å²) in [5, 5.41) is 0.748. The van der Waals surface area contributed by atoms with Crippen molar-refractivity contribution in [1.29, 1.82) is 0 Å². The number of benzene rings is 2. The second-order valence-corrected chi connectivity index (χ2v) is 6.92. The van der Waals surface area contributed by atoms with E-state index in [0.29, 0.717) is 16.3 Å². The summed E-state index contributed by atoms with van der Waals surface area (Å²) in [7, 11) is 3.53. The first-order chi connectivity index (χ1) is 12.6. The summed E-state index contributed by atoms with van der Waals surface area (Å²) < 4.78 is 7.13. The molecule has 0 aliphatic carbocycles. The maximum atomic E-state index is 12.8. The van der Waals surface area contributed by atoms with Gasteiger partial charge in [-0.3, -0.25) is 9.59 Å². The zero-order chi connectivity index (χ0) is 18.3. The summed E-state index contributed by atoms with van der Waals surface area (Å²) in [6.45, 7) is 0. The maximum Gasteiger partial charge on any atom is 0.298 e. The molecule has 1 aliphatic heterocycles. The molecule has 0 saturated carbocycles. The molecule has 2 amide bonds. The lowest BCUT2D eigenvalue weighted by Gasteiger charge is -2.12. The van der Waals surface area contributed by atoms with Gasteiger partial charge in [-0.1, -0.05) is 18.2 Å². The van der Waals surface area contributed by atoms with E-state index in [1.54, 1.807) is 37.5 Å². The summed E-state index contributed by atoms with van der Waals surface area (Å²) in [4.78, 5) is 26.8. The minimum atomic E-state index is -0.307. The summed E-state index contributed by atoms with van der Waals surface area (Å²) >= 11 is 0.957. The third-order valence-electron chi connectivity index (χ3n) is 4.34. The maximum absolute atomic E-state index is 12.8. The van der Waals surface area contributed by atoms with Crippen molar-refractivity contribution in [3.05, 3.63) is 65.2 Å². The molecule has 1 fully saturated rings. The van der Waals surface area contributed by atoms with E-state index in [2.05, 4.69) is 0 Å². The van der Waals surface area contributed by atoms with Crippen LogP contribution in [0.4, 0.5) is 10.5 Å². The molecule has 6 heteroatoms. The molecule has 5 nitrogen and oxygen atoms in total. The predicted octanol–water partition coefficient (Wildman–Crippen LogP) is 4.43. The lowest BCUT2D eigenvalue weighted by Crippen LogP contribution is -2.27. The highest BCUT2D eigenvalue weighted by molar-refractivity contribution is 8.19. The van der Waals surface area contributed by atoms with E-state index in [0.717, 1.165) is 28.2 Å². The van der Waals surface area contributed by atoms with E-state index in [4.69, 9.17) is 4.74 Å². The van der Waals surface area contributed by atoms with Crippen molar-refractivity contribution in [2.75, 3.05) is 12.0 Å². The molecule has 1 saturated heterocycles. The number of carbonyl (C=O) groups is 2. The van der Waals surface area contributed by atoms with Crippen molar-refractivity contribution in [3.63, 3.8) is 0 Å². The first kappa shape index (κ1) is 16.5. The van der Waals surface area contributed by atoms with Crippen molar-refractivity contribution in [2.45, 2.75) is 0 Å². The van der Waals surface area contributed by atoms with Crippen molar-refractivity contribution in [1.82, 2.24) is 4.57 Å². The minimum Gasteiger partial charge on any atom is -0.497 e. The SMILES string of the molecule is COc1ccc(N2C(=O)SC(=Cc3cn(C)c4ccccc34)C2=O)cc1. The van der Waals surface area contributed by atoms with Gasteiger partial charge < -0.3 is 9.30 Å². The minimum absolute atomic E-state index is 0.299. The second-order valence-electron chi connectivity index (χ2n) is 5.93. The largest absolute Gasteiger partial charge is 0.497 e. The van der Waals surface area contributed by atoms with E-state index >= 15 is 0 Å². The highest BCUT2D eigenvalue weighted by Crippen LogP contribution is 2.37. The second kappa shape index (κ2) is 6.38. The van der Waals surface area contributed by atoms with Crippen LogP contribution in [0.2, 0.25) is 0 Å². The average Bonchev–Trinajstić information content (AvgIpc) is 3.12. The van der Waals surface area contributed by atoms with Crippen molar-refractivity contribution >= 4 is 45.6 Å². The molecule has 0 unspecified atom stereocenters. The van der Waals surface area contributed by atoms with Gasteiger partial charge in [0.15, 0.2) is 0 Å². The number of fused-ring (bicyclic) bond motifs is 1. The molecule has 3 aromatic rings. The number of amides is 2. The van der Waals surface area contributed by atoms with Crippen molar-refractivity contribution in [2.24, 2.45) is 7.05 Å². The Bertz CT molecular complexity index is 1050. The number of hydrogen-bond donors (Lipinski definition) is 0. The van der Waals surface area contributed by atoms with Crippen LogP contribution in [0.25, 0.3) is 17.0 Å². The zero-order valence-corrected chi connectivity index (χ0v) is 15.1. The number of imide groups is 1. The van der Waals surface area contributed by atoms with Gasteiger partial charge in [0.2, 0.25) is 0 Å². The fourth-order valence-corrected chi connectivity index (χ4v) is 3.88. The first-order valence-electron chi connectivity index (χ1n) is 8.04. The van der Waals surface area contributed by atoms with Gasteiger partial charge in [0.1, 0.15) is 5.75 Å². The summed E-state index contributed by atoms with van der Waals surface area (Å²) in [6.07, 6.45) is 3.75. The fraction of sp³-hybridized carbons (Fsp3) is 0.100. The first-order valence-corrected chi connectivity index (χ1v) is 8.86. The summed E-state index contributed by atoms with van der Waals surface area (Å²) in [5.41, 5.74) is 2.53. The molecule has 2 aromatic carbocycles. The molecular formula is C20H16N2O3S. The number of nitrogens with zero attached hydrogens (tertiary/aromatic N) is 2. The number of hydrogen-bond acceptors (Lipinski definition) is 4. The van der Waals surface area contributed by atoms with Crippen LogP contribution < -0.4 is 9.64 Å². The number of aromatic nitrogens is 1. The van der Waals surface area contributed by atoms with E-state index in [-0.39, 0.29) is 11.1 Å². The van der Waals surface area contributed by atoms with E-state index < -0.39 is 0 Å². The van der Waals surface area contributed by atoms with Crippen molar-refractivity contribution in [3.8, 4) is 5.75 Å². The molecule has 2 heterocycles. The number of para-hydroxylation sites is 1. The third-order valence-corrected chi connectivity index (χ3v) is 5.21. The Hall–Kier alpha value is -2.99. The van der Waals surface area contributed by atoms with Gasteiger partial charge in [0.05, 0.1) is 17.7 Å². The number of methoxy groups -OCH3 is 1. The van der Waals surface area contributed by atoms with Gasteiger partial charge in [0.25, 0.3) is 11.1 Å². The smallest absolute Gasteiger partial charge is 0.298 e. The highest BCUT2D eigenvalue weighted by atomic mass is 32.2. The van der Waals surface area contributed by atoms with E-state index in [1.165, 1.54) is 4.90 Å². The molecule has 0 N–H and O–H groups in total. The lowest BCUT2D eigenvalue weighted by atomic mass is 10.1. The number of rotatable bonds is 3. The Morgan fingerprint density at radius 2 is 1.77 bits per heavy atom. The van der Waals surface area contributed by atoms with Gasteiger partial charge in [-0.2, -0.15) is 0 Å². The number of thioether (sulfide) groups is 1. The van der Waals surface area contributed by atoms with Crippen LogP contribution in [0, 0.1) is 0 Å². The Balaban J connectivity index is 1.71. The van der Waals surface area contributed by atoms with Crippen molar-refractivity contribution < 1.29 is 14.3 Å². The van der Waals surface area contributed by atoms with Crippen LogP contribution in [0.1, 0.15) is 5.56 Å². The Kier molecular flexibility index (Phi) is 4.05. The Morgan fingerprint density at radius 1 is 1.04 bits per heavy atom. The lowest BCUT2D eigenvalue weighted by molar-refractivity contribution is -0.113. The molecule has 0 bridgehead atoms. The molecule has 0 radical (unpaired) electrons. The van der Waals surface area contributed by atoms with Crippen LogP contribution in [-0.4, -0.2) is 22.8 Å². The predicted molar refractivity (Wildman–Crippen MR) is 104 cm³/mol. The fourth-order valence-electron chi connectivity index (χ4n) is 3.05. The van der Waals surface area contributed by atoms with E-state index in [9.17, 15) is 9.59 Å². The quantitative estimate of drug-likeness (QED) is 0.645. The molecule has 0 spiro atoms. The molecule has 130 valence electrons. The monoisotopic (exact) mass is 364 g/mol. The van der Waals surface area contributed by atoms with Gasteiger partial charge in [-0.15, -0.1) is 0 Å². The normalized spacial score (nSPS) is 16.1. The number of carbonyl (C=O) groups excluding carboxylic acids is 2. The zero-order valence-electron chi connectivity index (χ0n) is 14.3. The summed E-state index contributed by atoms with van der Waals surface area (Å²) in [5.74, 6) is 0.366. The van der Waals surface area contributed by atoms with Gasteiger partial charge in [-0.05, 0) is 48.2 Å². The van der Waals surface area contributed by atoms with Crippen LogP contribution in [0.5, 0.6) is 5.75 Å². The van der Waals surface area contributed by atoms with Crippen LogP contribution in [0.3, 0.4) is 0 Å². The molecule has 4 rings (SSSR count). The van der Waals surface area contributed by atoms with Gasteiger partial charge >= 0.3 is 0 Å². The Labute approximate surface area is 154 Å². The average molecular weight is 364 g/mol. The molecule has 1 aromatic heterocycles. The highest BCUT2D eigenvalue weighted by Gasteiger charge is 2.36. The van der Waals surface area contributed by atoms with Gasteiger partial charge in [-0.25, -0.2) is 4.90 Å².